The summed E-state index contributed by atoms with van der Waals surface area (Å²) < 4.78 is 80.6. The van der Waals surface area contributed by atoms with Crippen LogP contribution < -0.4 is 5.32 Å². The van der Waals surface area contributed by atoms with E-state index in [1.165, 1.54) is 24.3 Å². The fourth-order valence-corrected chi connectivity index (χ4v) is 4.81. The number of allylic oxidation sites excluding steroid dienone is 2. The number of Topliss-reactive ketones (excluding diaryl/α,β-unsaturated/α-hetero) is 1. The quantitative estimate of drug-likeness (QED) is 0.154. The molecule has 0 fully saturated rings. The molecule has 0 heterocycles. The Kier molecular flexibility index (Phi) is 9.41. The van der Waals surface area contributed by atoms with Crippen LogP contribution in [0.2, 0.25) is 0 Å². The fourth-order valence-electron chi connectivity index (χ4n) is 4.81. The van der Waals surface area contributed by atoms with E-state index in [4.69, 9.17) is 5.11 Å². The average Bonchev–Trinajstić information content (AvgIpc) is 2.98. The molecular weight excluding hydrogens is 592 g/mol. The van der Waals surface area contributed by atoms with E-state index in [-0.39, 0.29) is 41.3 Å². The molecular formula is C32H25F6NO5. The summed E-state index contributed by atoms with van der Waals surface area (Å²) in [6.07, 6.45) is -6.59. The predicted octanol–water partition coefficient (Wildman–Crippen LogP) is 6.96. The highest BCUT2D eigenvalue weighted by atomic mass is 19.4. The van der Waals surface area contributed by atoms with Gasteiger partial charge in [0.15, 0.2) is 11.6 Å². The molecule has 0 saturated carbocycles. The normalized spacial score (nSPS) is 13.6. The van der Waals surface area contributed by atoms with Crippen molar-refractivity contribution >= 4 is 29.0 Å². The minimum absolute atomic E-state index is 0.0103. The van der Waals surface area contributed by atoms with Gasteiger partial charge in [0.25, 0.3) is 5.91 Å². The van der Waals surface area contributed by atoms with Crippen LogP contribution >= 0.6 is 0 Å². The first-order chi connectivity index (χ1) is 20.6. The minimum Gasteiger partial charge on any atom is -0.481 e. The molecule has 0 unspecified atom stereocenters. The van der Waals surface area contributed by atoms with Crippen LogP contribution in [0.4, 0.5) is 26.3 Å². The average molecular weight is 618 g/mol. The number of carboxylic acid groups (broad SMARTS) is 1. The van der Waals surface area contributed by atoms with Gasteiger partial charge in [-0.3, -0.25) is 19.2 Å². The lowest BCUT2D eigenvalue weighted by Gasteiger charge is -2.18. The second-order valence-electron chi connectivity index (χ2n) is 10.2. The number of carbonyl (C=O) groups excluding carboxylic acids is 3. The molecule has 3 aromatic rings. The zero-order chi connectivity index (χ0) is 32.2. The Balaban J connectivity index is 1.75. The van der Waals surface area contributed by atoms with Gasteiger partial charge in [0.2, 0.25) is 0 Å². The van der Waals surface area contributed by atoms with E-state index in [9.17, 15) is 45.5 Å². The smallest absolute Gasteiger partial charge is 0.416 e. The van der Waals surface area contributed by atoms with Crippen LogP contribution in [0.1, 0.15) is 78.2 Å². The van der Waals surface area contributed by atoms with Crippen molar-refractivity contribution in [1.82, 2.24) is 5.32 Å². The van der Waals surface area contributed by atoms with Crippen LogP contribution in [0.15, 0.2) is 66.7 Å². The minimum atomic E-state index is -5.17. The van der Waals surface area contributed by atoms with E-state index >= 15 is 0 Å². The maximum absolute atomic E-state index is 13.7. The molecule has 1 aliphatic carbocycles. The summed E-state index contributed by atoms with van der Waals surface area (Å²) in [6, 6.07) is 10.7. The molecule has 0 aliphatic heterocycles. The summed E-state index contributed by atoms with van der Waals surface area (Å²) in [5, 5.41) is 11.1. The molecule has 0 saturated heterocycles. The van der Waals surface area contributed by atoms with Crippen molar-refractivity contribution in [3.05, 3.63) is 111 Å². The summed E-state index contributed by atoms with van der Waals surface area (Å²) in [5.74, 6) is -3.70. The van der Waals surface area contributed by atoms with E-state index in [1.807, 2.05) is 0 Å². The first kappa shape index (κ1) is 32.2. The molecule has 0 bridgehead atoms. The predicted molar refractivity (Wildman–Crippen MR) is 147 cm³/mol. The number of aryl methyl sites for hydroxylation is 2. The third-order valence-corrected chi connectivity index (χ3v) is 7.09. The maximum Gasteiger partial charge on any atom is 0.416 e. The van der Waals surface area contributed by atoms with Gasteiger partial charge < -0.3 is 10.4 Å². The van der Waals surface area contributed by atoms with Gasteiger partial charge in [-0.05, 0) is 78.8 Å². The summed E-state index contributed by atoms with van der Waals surface area (Å²) >= 11 is 0. The molecule has 12 heteroatoms. The summed E-state index contributed by atoms with van der Waals surface area (Å²) in [5.41, 5.74) is -2.20. The fraction of sp³-hybridized carbons (Fsp3) is 0.250. The van der Waals surface area contributed by atoms with E-state index in [0.717, 1.165) is 36.5 Å². The standard InChI is InChI=1S/C32H25F6NO5/c33-31(34,35)24-14-23(15-25(16-24)32(36,37)38)27(40)17-26(22-10-5-18-3-1-2-4-21(18)13-22)29(43)19-6-8-20(9-7-19)30(44)39-12-11-28(41)42/h5-10,13-17H,1-4,11-12H2,(H,39,44)(H,41,42). The van der Waals surface area contributed by atoms with E-state index in [0.29, 0.717) is 18.6 Å². The number of nitrogens with one attached hydrogen (secondary N) is 1. The maximum atomic E-state index is 13.7. The molecule has 1 aliphatic rings. The molecule has 0 atom stereocenters. The number of carboxylic acids is 1. The Labute approximate surface area is 247 Å². The molecule has 0 aromatic heterocycles. The van der Waals surface area contributed by atoms with Crippen LogP contribution in [0, 0.1) is 0 Å². The Morgan fingerprint density at radius 1 is 0.705 bits per heavy atom. The zero-order valence-electron chi connectivity index (χ0n) is 22.9. The van der Waals surface area contributed by atoms with E-state index < -0.39 is 52.5 Å². The number of fused-ring (bicyclic) bond motifs is 1. The summed E-state index contributed by atoms with van der Waals surface area (Å²) in [7, 11) is 0. The van der Waals surface area contributed by atoms with Crippen molar-refractivity contribution < 1.29 is 50.6 Å². The van der Waals surface area contributed by atoms with Crippen molar-refractivity contribution in [1.29, 1.82) is 0 Å². The molecule has 0 radical (unpaired) electrons. The van der Waals surface area contributed by atoms with Gasteiger partial charge in [-0.1, -0.05) is 30.3 Å². The molecule has 6 nitrogen and oxygen atoms in total. The van der Waals surface area contributed by atoms with Gasteiger partial charge in [-0.15, -0.1) is 0 Å². The van der Waals surface area contributed by atoms with Gasteiger partial charge >= 0.3 is 18.3 Å². The number of alkyl halides is 6. The van der Waals surface area contributed by atoms with Crippen LogP contribution in [0.3, 0.4) is 0 Å². The monoisotopic (exact) mass is 617 g/mol. The molecule has 1 amide bonds. The number of hydrogen-bond acceptors (Lipinski definition) is 4. The van der Waals surface area contributed by atoms with Gasteiger partial charge in [0, 0.05) is 28.8 Å². The second kappa shape index (κ2) is 12.9. The third kappa shape index (κ3) is 7.80. The highest BCUT2D eigenvalue weighted by Gasteiger charge is 2.37. The van der Waals surface area contributed by atoms with Crippen LogP contribution in [-0.4, -0.2) is 35.1 Å². The van der Waals surface area contributed by atoms with Crippen molar-refractivity contribution in [3.63, 3.8) is 0 Å². The molecule has 2 N–H and O–H groups in total. The number of ketones is 2. The highest BCUT2D eigenvalue weighted by molar-refractivity contribution is 6.32. The Hall–Kier alpha value is -4.74. The SMILES string of the molecule is O=C(O)CCNC(=O)c1ccc(C(=O)C(=CC(=O)c2cc(C(F)(F)F)cc(C(F)(F)F)c2)c2ccc3c(c2)CCCC3)cc1. The molecule has 3 aromatic carbocycles. The van der Waals surface area contributed by atoms with Crippen LogP contribution in [0.5, 0.6) is 0 Å². The van der Waals surface area contributed by atoms with Crippen molar-refractivity contribution in [3.8, 4) is 0 Å². The van der Waals surface area contributed by atoms with Gasteiger partial charge in [0.05, 0.1) is 17.5 Å². The van der Waals surface area contributed by atoms with Gasteiger partial charge in [-0.25, -0.2) is 0 Å². The molecule has 230 valence electrons. The second-order valence-corrected chi connectivity index (χ2v) is 10.2. The lowest BCUT2D eigenvalue weighted by atomic mass is 9.87. The summed E-state index contributed by atoms with van der Waals surface area (Å²) in [4.78, 5) is 49.9. The number of amides is 1. The number of aliphatic carboxylic acids is 1. The van der Waals surface area contributed by atoms with Gasteiger partial charge in [0.1, 0.15) is 0 Å². The Morgan fingerprint density at radius 3 is 1.82 bits per heavy atom. The number of halogens is 6. The van der Waals surface area contributed by atoms with Gasteiger partial charge in [-0.2, -0.15) is 26.3 Å². The largest absolute Gasteiger partial charge is 0.481 e. The zero-order valence-corrected chi connectivity index (χ0v) is 22.9. The topological polar surface area (TPSA) is 101 Å². The first-order valence-corrected chi connectivity index (χ1v) is 13.5. The number of rotatable bonds is 9. The van der Waals surface area contributed by atoms with Crippen LogP contribution in [0.25, 0.3) is 5.57 Å². The lowest BCUT2D eigenvalue weighted by molar-refractivity contribution is -0.143. The Morgan fingerprint density at radius 2 is 1.25 bits per heavy atom. The number of carbonyl (C=O) groups is 4. The molecule has 0 spiro atoms. The first-order valence-electron chi connectivity index (χ1n) is 13.5. The number of benzene rings is 3. The van der Waals surface area contributed by atoms with Crippen LogP contribution in [-0.2, 0) is 30.0 Å². The molecule has 4 rings (SSSR count). The lowest BCUT2D eigenvalue weighted by Crippen LogP contribution is -2.26. The Bertz CT molecular complexity index is 1610. The highest BCUT2D eigenvalue weighted by Crippen LogP contribution is 2.37. The summed E-state index contributed by atoms with van der Waals surface area (Å²) in [6.45, 7) is -0.131. The molecule has 44 heavy (non-hydrogen) atoms. The third-order valence-electron chi connectivity index (χ3n) is 7.09. The van der Waals surface area contributed by atoms with Crippen molar-refractivity contribution in [2.24, 2.45) is 0 Å². The van der Waals surface area contributed by atoms with E-state index in [1.54, 1.807) is 18.2 Å². The van der Waals surface area contributed by atoms with Crippen molar-refractivity contribution in [2.75, 3.05) is 6.54 Å². The van der Waals surface area contributed by atoms with Crippen molar-refractivity contribution in [2.45, 2.75) is 44.5 Å². The van der Waals surface area contributed by atoms with E-state index in [2.05, 4.69) is 5.32 Å². The number of hydrogen-bond donors (Lipinski definition) is 2.